The van der Waals surface area contributed by atoms with Gasteiger partial charge in [0.25, 0.3) is 0 Å². The van der Waals surface area contributed by atoms with E-state index in [2.05, 4.69) is 5.10 Å². The summed E-state index contributed by atoms with van der Waals surface area (Å²) < 4.78 is 0. The molecule has 0 spiro atoms. The van der Waals surface area contributed by atoms with Gasteiger partial charge in [0.05, 0.1) is 6.21 Å². The zero-order chi connectivity index (χ0) is 11.1. The number of phenols is 1. The standard InChI is InChI=1S/C11H14N2O2/c1-2-7-13(9-14)12-8-10-3-5-11(15)6-4-10/h3-6,8-9,15H,2,7H2,1H3/b12-8-. The number of hydrogen-bond acceptors (Lipinski definition) is 3. The van der Waals surface area contributed by atoms with E-state index in [0.29, 0.717) is 13.0 Å². The van der Waals surface area contributed by atoms with Gasteiger partial charge in [-0.3, -0.25) is 4.79 Å². The molecule has 80 valence electrons. The molecule has 0 unspecified atom stereocenters. The lowest BCUT2D eigenvalue weighted by Gasteiger charge is -2.07. The monoisotopic (exact) mass is 206 g/mol. The van der Waals surface area contributed by atoms with Crippen LogP contribution in [0.15, 0.2) is 29.4 Å². The van der Waals surface area contributed by atoms with E-state index in [0.717, 1.165) is 12.0 Å². The third-order valence-corrected chi connectivity index (χ3v) is 1.82. The summed E-state index contributed by atoms with van der Waals surface area (Å²) >= 11 is 0. The molecule has 0 bridgehead atoms. The summed E-state index contributed by atoms with van der Waals surface area (Å²) in [6.45, 7) is 2.59. The summed E-state index contributed by atoms with van der Waals surface area (Å²) in [6.07, 6.45) is 3.15. The topological polar surface area (TPSA) is 52.9 Å². The fourth-order valence-corrected chi connectivity index (χ4v) is 1.07. The van der Waals surface area contributed by atoms with Gasteiger partial charge in [0.15, 0.2) is 0 Å². The number of rotatable bonds is 5. The first kappa shape index (κ1) is 11.2. The highest BCUT2D eigenvalue weighted by Crippen LogP contribution is 2.07. The summed E-state index contributed by atoms with van der Waals surface area (Å²) in [5.41, 5.74) is 0.843. The van der Waals surface area contributed by atoms with Gasteiger partial charge in [0.2, 0.25) is 6.41 Å². The molecule has 0 radical (unpaired) electrons. The molecular formula is C11H14N2O2. The molecule has 1 aromatic rings. The first-order valence-electron chi connectivity index (χ1n) is 4.81. The van der Waals surface area contributed by atoms with E-state index < -0.39 is 0 Å². The van der Waals surface area contributed by atoms with Crippen LogP contribution in [0.5, 0.6) is 5.75 Å². The van der Waals surface area contributed by atoms with Crippen LogP contribution in [0.4, 0.5) is 0 Å². The summed E-state index contributed by atoms with van der Waals surface area (Å²) in [6, 6.07) is 6.61. The molecule has 1 N–H and O–H groups in total. The minimum Gasteiger partial charge on any atom is -0.508 e. The minimum atomic E-state index is 0.216. The molecular weight excluding hydrogens is 192 g/mol. The van der Waals surface area contributed by atoms with Gasteiger partial charge in [-0.15, -0.1) is 0 Å². The van der Waals surface area contributed by atoms with E-state index in [-0.39, 0.29) is 5.75 Å². The van der Waals surface area contributed by atoms with Crippen molar-refractivity contribution in [3.8, 4) is 5.75 Å². The molecule has 1 aromatic carbocycles. The summed E-state index contributed by atoms with van der Waals surface area (Å²) in [5.74, 6) is 0.216. The third-order valence-electron chi connectivity index (χ3n) is 1.82. The van der Waals surface area contributed by atoms with Gasteiger partial charge in [-0.25, -0.2) is 5.01 Å². The largest absolute Gasteiger partial charge is 0.508 e. The Morgan fingerprint density at radius 1 is 1.40 bits per heavy atom. The highest BCUT2D eigenvalue weighted by Gasteiger charge is 1.94. The zero-order valence-electron chi connectivity index (χ0n) is 8.63. The Morgan fingerprint density at radius 3 is 2.60 bits per heavy atom. The van der Waals surface area contributed by atoms with Gasteiger partial charge in [0.1, 0.15) is 5.75 Å². The normalized spacial score (nSPS) is 10.5. The Labute approximate surface area is 88.8 Å². The molecule has 15 heavy (non-hydrogen) atoms. The molecule has 1 amide bonds. The van der Waals surface area contributed by atoms with Crippen LogP contribution in [0.3, 0.4) is 0 Å². The van der Waals surface area contributed by atoms with E-state index in [1.807, 2.05) is 6.92 Å². The Morgan fingerprint density at radius 2 is 2.07 bits per heavy atom. The molecule has 0 saturated heterocycles. The first-order chi connectivity index (χ1) is 7.26. The van der Waals surface area contributed by atoms with Crippen molar-refractivity contribution in [3.63, 3.8) is 0 Å². The Kier molecular flexibility index (Phi) is 4.34. The van der Waals surface area contributed by atoms with Crippen molar-refractivity contribution in [3.05, 3.63) is 29.8 Å². The van der Waals surface area contributed by atoms with Gasteiger partial charge in [-0.1, -0.05) is 6.92 Å². The number of nitrogens with zero attached hydrogens (tertiary/aromatic N) is 2. The van der Waals surface area contributed by atoms with E-state index in [4.69, 9.17) is 5.11 Å². The van der Waals surface area contributed by atoms with E-state index >= 15 is 0 Å². The lowest BCUT2D eigenvalue weighted by Crippen LogP contribution is -2.15. The number of aromatic hydroxyl groups is 1. The lowest BCUT2D eigenvalue weighted by molar-refractivity contribution is -0.118. The van der Waals surface area contributed by atoms with Crippen molar-refractivity contribution in [2.24, 2.45) is 5.10 Å². The smallest absolute Gasteiger partial charge is 0.229 e. The Balaban J connectivity index is 2.63. The van der Waals surface area contributed by atoms with Gasteiger partial charge < -0.3 is 5.11 Å². The minimum absolute atomic E-state index is 0.216. The molecule has 4 nitrogen and oxygen atoms in total. The van der Waals surface area contributed by atoms with Gasteiger partial charge >= 0.3 is 0 Å². The average Bonchev–Trinajstić information content (AvgIpc) is 2.26. The zero-order valence-corrected chi connectivity index (χ0v) is 8.63. The average molecular weight is 206 g/mol. The fourth-order valence-electron chi connectivity index (χ4n) is 1.07. The van der Waals surface area contributed by atoms with Crippen molar-refractivity contribution in [2.45, 2.75) is 13.3 Å². The van der Waals surface area contributed by atoms with Crippen molar-refractivity contribution >= 4 is 12.6 Å². The van der Waals surface area contributed by atoms with Crippen LogP contribution >= 0.6 is 0 Å². The molecule has 0 aliphatic carbocycles. The van der Waals surface area contributed by atoms with Gasteiger partial charge in [-0.2, -0.15) is 5.10 Å². The van der Waals surface area contributed by atoms with Crippen molar-refractivity contribution in [2.75, 3.05) is 6.54 Å². The second-order valence-corrected chi connectivity index (χ2v) is 3.10. The summed E-state index contributed by atoms with van der Waals surface area (Å²) in [5, 5.41) is 14.4. The number of hydrazone groups is 1. The molecule has 1 rings (SSSR count). The maximum atomic E-state index is 10.5. The lowest BCUT2D eigenvalue weighted by atomic mass is 10.2. The van der Waals surface area contributed by atoms with Crippen molar-refractivity contribution in [1.82, 2.24) is 5.01 Å². The van der Waals surface area contributed by atoms with Crippen molar-refractivity contribution < 1.29 is 9.90 Å². The Hall–Kier alpha value is -1.84. The molecule has 0 saturated carbocycles. The predicted molar refractivity (Wildman–Crippen MR) is 58.8 cm³/mol. The number of hydrogen-bond donors (Lipinski definition) is 1. The van der Waals surface area contributed by atoms with Crippen LogP contribution < -0.4 is 0 Å². The summed E-state index contributed by atoms with van der Waals surface area (Å²) in [7, 11) is 0. The van der Waals surface area contributed by atoms with Crippen LogP contribution in [-0.4, -0.2) is 29.3 Å². The SMILES string of the molecule is CCCN(C=O)/N=C\c1ccc(O)cc1. The van der Waals surface area contributed by atoms with Crippen LogP contribution in [0.1, 0.15) is 18.9 Å². The molecule has 4 heteroatoms. The maximum absolute atomic E-state index is 10.5. The quantitative estimate of drug-likeness (QED) is 0.452. The van der Waals surface area contributed by atoms with Crippen LogP contribution in [0, 0.1) is 0 Å². The molecule has 0 aliphatic heterocycles. The second kappa shape index (κ2) is 5.80. The third kappa shape index (κ3) is 3.81. The predicted octanol–water partition coefficient (Wildman–Crippen LogP) is 1.59. The molecule has 0 aliphatic rings. The van der Waals surface area contributed by atoms with E-state index in [1.54, 1.807) is 30.5 Å². The number of amides is 1. The Bertz CT molecular complexity index is 333. The van der Waals surface area contributed by atoms with Crippen LogP contribution in [-0.2, 0) is 4.79 Å². The summed E-state index contributed by atoms with van der Waals surface area (Å²) in [4.78, 5) is 10.5. The number of phenolic OH excluding ortho intramolecular Hbond substituents is 1. The first-order valence-corrected chi connectivity index (χ1v) is 4.81. The number of carbonyl (C=O) groups is 1. The maximum Gasteiger partial charge on any atom is 0.229 e. The highest BCUT2D eigenvalue weighted by molar-refractivity contribution is 5.80. The van der Waals surface area contributed by atoms with Crippen LogP contribution in [0.25, 0.3) is 0 Å². The number of benzene rings is 1. The molecule has 0 fully saturated rings. The fraction of sp³-hybridized carbons (Fsp3) is 0.273. The van der Waals surface area contributed by atoms with Gasteiger partial charge in [-0.05, 0) is 36.2 Å². The molecule has 0 atom stereocenters. The highest BCUT2D eigenvalue weighted by atomic mass is 16.3. The molecule has 0 heterocycles. The number of carbonyl (C=O) groups excluding carboxylic acids is 1. The van der Waals surface area contributed by atoms with E-state index in [1.165, 1.54) is 5.01 Å². The van der Waals surface area contributed by atoms with Crippen molar-refractivity contribution in [1.29, 1.82) is 0 Å². The van der Waals surface area contributed by atoms with Gasteiger partial charge in [0, 0.05) is 6.54 Å². The second-order valence-electron chi connectivity index (χ2n) is 3.10. The molecule has 0 aromatic heterocycles. The van der Waals surface area contributed by atoms with E-state index in [9.17, 15) is 4.79 Å². The van der Waals surface area contributed by atoms with Crippen LogP contribution in [0.2, 0.25) is 0 Å².